The van der Waals surface area contributed by atoms with Crippen molar-refractivity contribution in [1.82, 2.24) is 9.27 Å². The average molecular weight is 403 g/mol. The van der Waals surface area contributed by atoms with Gasteiger partial charge in [0.15, 0.2) is 0 Å². The molecule has 0 aliphatic carbocycles. The third kappa shape index (κ3) is 3.65. The first-order valence-corrected chi connectivity index (χ1v) is 9.79. The van der Waals surface area contributed by atoms with E-state index in [0.29, 0.717) is 29.5 Å². The van der Waals surface area contributed by atoms with Gasteiger partial charge in [-0.25, -0.2) is 4.79 Å². The highest BCUT2D eigenvalue weighted by atomic mass is 35.5. The van der Waals surface area contributed by atoms with E-state index in [-0.39, 0.29) is 6.03 Å². The number of carbonyl (C=O) groups is 1. The Bertz CT molecular complexity index is 969. The van der Waals surface area contributed by atoms with Crippen molar-refractivity contribution in [3.8, 4) is 5.75 Å². The van der Waals surface area contributed by atoms with E-state index < -0.39 is 0 Å². The predicted octanol–water partition coefficient (Wildman–Crippen LogP) is 4.31. The van der Waals surface area contributed by atoms with Gasteiger partial charge in [-0.15, -0.1) is 0 Å². The third-order valence-corrected chi connectivity index (χ3v) is 5.68. The summed E-state index contributed by atoms with van der Waals surface area (Å²) >= 11 is 7.54. The van der Waals surface area contributed by atoms with Crippen molar-refractivity contribution in [3.63, 3.8) is 0 Å². The number of piperazine rings is 1. The van der Waals surface area contributed by atoms with E-state index in [9.17, 15) is 4.79 Å². The van der Waals surface area contributed by atoms with Crippen LogP contribution in [0.15, 0.2) is 42.5 Å². The fourth-order valence-electron chi connectivity index (χ4n) is 3.19. The highest BCUT2D eigenvalue weighted by Gasteiger charge is 2.24. The Balaban J connectivity index is 1.42. The molecule has 140 valence electrons. The van der Waals surface area contributed by atoms with Crippen LogP contribution < -0.4 is 15.0 Å². The van der Waals surface area contributed by atoms with Crippen LogP contribution in [0, 0.1) is 0 Å². The van der Waals surface area contributed by atoms with Crippen molar-refractivity contribution in [1.29, 1.82) is 0 Å². The van der Waals surface area contributed by atoms with Gasteiger partial charge in [0, 0.05) is 36.6 Å². The van der Waals surface area contributed by atoms with Gasteiger partial charge in [-0.1, -0.05) is 23.7 Å². The molecule has 1 aromatic heterocycles. The zero-order valence-electron chi connectivity index (χ0n) is 14.8. The van der Waals surface area contributed by atoms with E-state index in [1.807, 2.05) is 12.1 Å². The van der Waals surface area contributed by atoms with Crippen LogP contribution in [-0.4, -0.2) is 48.6 Å². The lowest BCUT2D eigenvalue weighted by atomic mass is 10.2. The van der Waals surface area contributed by atoms with Crippen LogP contribution >= 0.6 is 23.1 Å². The molecular weight excluding hydrogens is 384 g/mol. The minimum Gasteiger partial charge on any atom is -0.495 e. The van der Waals surface area contributed by atoms with Crippen LogP contribution in [0.1, 0.15) is 0 Å². The number of urea groups is 1. The van der Waals surface area contributed by atoms with Crippen LogP contribution in [-0.2, 0) is 0 Å². The lowest BCUT2D eigenvalue weighted by molar-refractivity contribution is 0.208. The number of hydrogen-bond donors (Lipinski definition) is 1. The van der Waals surface area contributed by atoms with Gasteiger partial charge < -0.3 is 19.9 Å². The number of anilines is 2. The van der Waals surface area contributed by atoms with E-state index in [4.69, 9.17) is 16.3 Å². The van der Waals surface area contributed by atoms with E-state index in [2.05, 4.69) is 26.7 Å². The summed E-state index contributed by atoms with van der Waals surface area (Å²) in [6.45, 7) is 2.74. The number of benzene rings is 2. The minimum absolute atomic E-state index is 0.154. The maximum absolute atomic E-state index is 12.6. The van der Waals surface area contributed by atoms with Gasteiger partial charge in [0.05, 0.1) is 17.5 Å². The van der Waals surface area contributed by atoms with Gasteiger partial charge in [0.25, 0.3) is 0 Å². The normalized spacial score (nSPS) is 14.4. The number of rotatable bonds is 3. The summed E-state index contributed by atoms with van der Waals surface area (Å²) in [5.74, 6) is 1.59. The summed E-state index contributed by atoms with van der Waals surface area (Å²) in [4.78, 5) is 16.7. The fraction of sp³-hybridized carbons (Fsp3) is 0.263. The highest BCUT2D eigenvalue weighted by Crippen LogP contribution is 2.30. The molecule has 8 heteroatoms. The van der Waals surface area contributed by atoms with Crippen molar-refractivity contribution in [2.45, 2.75) is 0 Å². The third-order valence-electron chi connectivity index (χ3n) is 4.63. The molecule has 1 saturated heterocycles. The summed E-state index contributed by atoms with van der Waals surface area (Å²) in [6.07, 6.45) is 0. The largest absolute Gasteiger partial charge is 0.495 e. The topological polar surface area (TPSA) is 57.7 Å². The summed E-state index contributed by atoms with van der Waals surface area (Å²) in [5.41, 5.74) is 0.572. The molecule has 1 fully saturated rings. The predicted molar refractivity (Wildman–Crippen MR) is 110 cm³/mol. The number of nitrogens with one attached hydrogen (secondary N) is 1. The van der Waals surface area contributed by atoms with Crippen molar-refractivity contribution < 1.29 is 9.53 Å². The summed E-state index contributed by atoms with van der Waals surface area (Å²) < 4.78 is 11.1. The van der Waals surface area contributed by atoms with E-state index in [0.717, 1.165) is 18.9 Å². The molecule has 2 heterocycles. The second-order valence-electron chi connectivity index (χ2n) is 6.25. The lowest BCUT2D eigenvalue weighted by Crippen LogP contribution is -2.50. The Kier molecular flexibility index (Phi) is 5.05. The maximum Gasteiger partial charge on any atom is 0.322 e. The first kappa shape index (κ1) is 17.9. The van der Waals surface area contributed by atoms with Crippen molar-refractivity contribution >= 4 is 50.8 Å². The maximum atomic E-state index is 12.6. The van der Waals surface area contributed by atoms with Crippen LogP contribution in [0.25, 0.3) is 10.1 Å². The molecule has 6 nitrogen and oxygen atoms in total. The number of methoxy groups -OCH3 is 1. The molecule has 0 radical (unpaired) electrons. The Morgan fingerprint density at radius 1 is 1.19 bits per heavy atom. The van der Waals surface area contributed by atoms with E-state index in [1.54, 1.807) is 30.2 Å². The zero-order chi connectivity index (χ0) is 18.8. The van der Waals surface area contributed by atoms with Crippen molar-refractivity contribution in [2.24, 2.45) is 0 Å². The van der Waals surface area contributed by atoms with Gasteiger partial charge in [-0.05, 0) is 41.9 Å². The molecule has 0 bridgehead atoms. The zero-order valence-corrected chi connectivity index (χ0v) is 16.4. The SMILES string of the molecule is COc1ccc(Cl)cc1NC(=O)N1CCN(c2nsc3ccccc23)CC1. The molecule has 4 rings (SSSR count). The second kappa shape index (κ2) is 7.62. The number of aromatic nitrogens is 1. The summed E-state index contributed by atoms with van der Waals surface area (Å²) in [6, 6.07) is 13.2. The monoisotopic (exact) mass is 402 g/mol. The Morgan fingerprint density at radius 3 is 2.74 bits per heavy atom. The average Bonchev–Trinajstić information content (AvgIpc) is 3.12. The molecule has 1 aliphatic rings. The molecule has 0 spiro atoms. The molecule has 2 amide bonds. The van der Waals surface area contributed by atoms with Crippen molar-refractivity contribution in [3.05, 3.63) is 47.5 Å². The smallest absolute Gasteiger partial charge is 0.322 e. The van der Waals surface area contributed by atoms with Crippen molar-refractivity contribution in [2.75, 3.05) is 43.5 Å². The van der Waals surface area contributed by atoms with E-state index in [1.165, 1.54) is 21.6 Å². The van der Waals surface area contributed by atoms with Gasteiger partial charge in [0.1, 0.15) is 11.6 Å². The number of carbonyl (C=O) groups excluding carboxylic acids is 1. The Hall–Kier alpha value is -2.51. The summed E-state index contributed by atoms with van der Waals surface area (Å²) in [5, 5.41) is 4.61. The van der Waals surface area contributed by atoms with Gasteiger partial charge in [-0.2, -0.15) is 4.37 Å². The first-order valence-electron chi connectivity index (χ1n) is 8.64. The van der Waals surface area contributed by atoms with Gasteiger partial charge in [-0.3, -0.25) is 0 Å². The number of nitrogens with zero attached hydrogens (tertiary/aromatic N) is 3. The Labute approximate surface area is 166 Å². The van der Waals surface area contributed by atoms with E-state index >= 15 is 0 Å². The number of ether oxygens (including phenoxy) is 1. The van der Waals surface area contributed by atoms with Gasteiger partial charge >= 0.3 is 6.03 Å². The number of fused-ring (bicyclic) bond motifs is 1. The number of halogens is 1. The molecule has 1 N–H and O–H groups in total. The first-order chi connectivity index (χ1) is 13.2. The molecule has 27 heavy (non-hydrogen) atoms. The van der Waals surface area contributed by atoms with Crippen LogP contribution in [0.2, 0.25) is 5.02 Å². The lowest BCUT2D eigenvalue weighted by Gasteiger charge is -2.35. The molecule has 3 aromatic rings. The molecular formula is C19H19ClN4O2S. The minimum atomic E-state index is -0.154. The quantitative estimate of drug-likeness (QED) is 0.709. The highest BCUT2D eigenvalue weighted by molar-refractivity contribution is 7.13. The molecule has 0 unspecified atom stereocenters. The second-order valence-corrected chi connectivity index (χ2v) is 7.49. The van der Waals surface area contributed by atoms with Crippen LogP contribution in [0.5, 0.6) is 5.75 Å². The molecule has 2 aromatic carbocycles. The molecule has 1 aliphatic heterocycles. The standard InChI is InChI=1S/C19H19ClN4O2S/c1-26-16-7-6-13(20)12-15(16)21-19(25)24-10-8-23(9-11-24)18-14-4-2-3-5-17(14)27-22-18/h2-7,12H,8-11H2,1H3,(H,21,25). The fourth-order valence-corrected chi connectivity index (χ4v) is 4.16. The van der Waals surface area contributed by atoms with Crippen LogP contribution in [0.3, 0.4) is 0 Å². The van der Waals surface area contributed by atoms with Crippen LogP contribution in [0.4, 0.5) is 16.3 Å². The number of amides is 2. The molecule has 0 saturated carbocycles. The summed E-state index contributed by atoms with van der Waals surface area (Å²) in [7, 11) is 1.57. The molecule has 0 atom stereocenters. The number of hydrogen-bond acceptors (Lipinski definition) is 5. The van der Waals surface area contributed by atoms with Gasteiger partial charge in [0.2, 0.25) is 0 Å². The Morgan fingerprint density at radius 2 is 1.96 bits per heavy atom.